The van der Waals surface area contributed by atoms with Crippen LogP contribution in [-0.4, -0.2) is 34.7 Å². The van der Waals surface area contributed by atoms with Gasteiger partial charge in [0, 0.05) is 30.7 Å². The first-order valence-corrected chi connectivity index (χ1v) is 12.2. The summed E-state index contributed by atoms with van der Waals surface area (Å²) in [5, 5.41) is 14.4. The van der Waals surface area contributed by atoms with Crippen LogP contribution in [0.15, 0.2) is 34.7 Å². The normalized spacial score (nSPS) is 26.0. The molecule has 2 aliphatic carbocycles. The predicted molar refractivity (Wildman–Crippen MR) is 123 cm³/mol. The zero-order chi connectivity index (χ0) is 22.6. The SMILES string of the molecule is CC[NH2+]C1CC(C(=O)NC2CCCC2)CC(c2nnc([C@](C)(N)Cc3ccccc3)o2)C1. The van der Waals surface area contributed by atoms with Crippen molar-refractivity contribution in [1.82, 2.24) is 15.5 Å². The molecule has 1 heterocycles. The second kappa shape index (κ2) is 10.1. The van der Waals surface area contributed by atoms with E-state index in [2.05, 4.69) is 39.9 Å². The van der Waals surface area contributed by atoms with E-state index in [0.29, 0.717) is 30.3 Å². The fraction of sp³-hybridized carbons (Fsp3) is 0.640. The molecule has 3 unspecified atom stereocenters. The summed E-state index contributed by atoms with van der Waals surface area (Å²) in [7, 11) is 0. The van der Waals surface area contributed by atoms with Gasteiger partial charge in [-0.25, -0.2) is 0 Å². The summed E-state index contributed by atoms with van der Waals surface area (Å²) in [5.41, 5.74) is 6.98. The zero-order valence-electron chi connectivity index (χ0n) is 19.4. The molecule has 4 rings (SSSR count). The minimum Gasteiger partial charge on any atom is -0.423 e. The molecule has 5 N–H and O–H groups in total. The summed E-state index contributed by atoms with van der Waals surface area (Å²) in [4.78, 5) is 13.0. The average molecular weight is 441 g/mol. The molecule has 32 heavy (non-hydrogen) atoms. The lowest BCUT2D eigenvalue weighted by Crippen LogP contribution is -2.90. The maximum Gasteiger partial charge on any atom is 0.236 e. The van der Waals surface area contributed by atoms with Crippen molar-refractivity contribution in [2.24, 2.45) is 11.7 Å². The van der Waals surface area contributed by atoms with Crippen molar-refractivity contribution < 1.29 is 14.5 Å². The Morgan fingerprint density at radius 3 is 2.66 bits per heavy atom. The average Bonchev–Trinajstić information content (AvgIpc) is 3.47. The topological polar surface area (TPSA) is 111 Å². The highest BCUT2D eigenvalue weighted by Crippen LogP contribution is 2.36. The Morgan fingerprint density at radius 1 is 1.19 bits per heavy atom. The van der Waals surface area contributed by atoms with Crippen molar-refractivity contribution in [3.05, 3.63) is 47.7 Å². The van der Waals surface area contributed by atoms with Crippen LogP contribution in [0.25, 0.3) is 0 Å². The minimum absolute atomic E-state index is 0.00826. The first-order chi connectivity index (χ1) is 15.4. The first-order valence-electron chi connectivity index (χ1n) is 12.2. The highest BCUT2D eigenvalue weighted by molar-refractivity contribution is 5.79. The molecular weight excluding hydrogens is 402 g/mol. The monoisotopic (exact) mass is 440 g/mol. The van der Waals surface area contributed by atoms with Crippen LogP contribution in [0.4, 0.5) is 0 Å². The number of nitrogens with zero attached hydrogens (tertiary/aromatic N) is 2. The van der Waals surface area contributed by atoms with Gasteiger partial charge < -0.3 is 20.8 Å². The number of amides is 1. The second-order valence-corrected chi connectivity index (χ2v) is 10.0. The third kappa shape index (κ3) is 5.56. The molecule has 174 valence electrons. The molecule has 0 aliphatic heterocycles. The quantitative estimate of drug-likeness (QED) is 0.584. The van der Waals surface area contributed by atoms with Gasteiger partial charge in [0.2, 0.25) is 17.7 Å². The summed E-state index contributed by atoms with van der Waals surface area (Å²) >= 11 is 0. The van der Waals surface area contributed by atoms with Gasteiger partial charge in [0.25, 0.3) is 0 Å². The van der Waals surface area contributed by atoms with E-state index < -0.39 is 5.54 Å². The molecular formula is C25H38N5O2+. The lowest BCUT2D eigenvalue weighted by Gasteiger charge is -2.31. The molecule has 1 aromatic heterocycles. The second-order valence-electron chi connectivity index (χ2n) is 10.0. The molecule has 1 amide bonds. The summed E-state index contributed by atoms with van der Waals surface area (Å²) in [6.45, 7) is 5.09. The largest absolute Gasteiger partial charge is 0.423 e. The van der Waals surface area contributed by atoms with Crippen LogP contribution in [0.1, 0.15) is 82.1 Å². The number of quaternary nitrogens is 1. The Kier molecular flexibility index (Phi) is 7.26. The number of benzene rings is 1. The molecule has 7 nitrogen and oxygen atoms in total. The Hall–Kier alpha value is -2.25. The molecule has 0 spiro atoms. The lowest BCUT2D eigenvalue weighted by molar-refractivity contribution is -0.690. The van der Waals surface area contributed by atoms with E-state index in [0.717, 1.165) is 44.2 Å². The number of carbonyl (C=O) groups excluding carboxylic acids is 1. The molecule has 2 saturated carbocycles. The molecule has 4 atom stereocenters. The van der Waals surface area contributed by atoms with Crippen molar-refractivity contribution in [3.8, 4) is 0 Å². The Labute approximate surface area is 190 Å². The van der Waals surface area contributed by atoms with Crippen LogP contribution in [0, 0.1) is 5.92 Å². The van der Waals surface area contributed by atoms with Crippen molar-refractivity contribution in [3.63, 3.8) is 0 Å². The van der Waals surface area contributed by atoms with Gasteiger partial charge in [-0.1, -0.05) is 43.2 Å². The van der Waals surface area contributed by atoms with Gasteiger partial charge >= 0.3 is 0 Å². The van der Waals surface area contributed by atoms with E-state index in [1.54, 1.807) is 0 Å². The number of hydrogen-bond donors (Lipinski definition) is 3. The molecule has 0 bridgehead atoms. The summed E-state index contributed by atoms with van der Waals surface area (Å²) in [6, 6.07) is 10.9. The molecule has 7 heteroatoms. The van der Waals surface area contributed by atoms with E-state index in [1.165, 1.54) is 12.8 Å². The van der Waals surface area contributed by atoms with Gasteiger partial charge in [0.15, 0.2) is 0 Å². The molecule has 0 saturated heterocycles. The summed E-state index contributed by atoms with van der Waals surface area (Å²) in [6.07, 6.45) is 7.89. The van der Waals surface area contributed by atoms with Crippen molar-refractivity contribution in [2.45, 2.75) is 88.8 Å². The van der Waals surface area contributed by atoms with Gasteiger partial charge in [-0.05, 0) is 45.1 Å². The lowest BCUT2D eigenvalue weighted by atomic mass is 9.77. The number of rotatable bonds is 8. The zero-order valence-corrected chi connectivity index (χ0v) is 19.4. The number of nitrogens with two attached hydrogens (primary N) is 2. The number of aromatic nitrogens is 2. The van der Waals surface area contributed by atoms with E-state index >= 15 is 0 Å². The predicted octanol–water partition coefficient (Wildman–Crippen LogP) is 2.38. The highest BCUT2D eigenvalue weighted by Gasteiger charge is 2.39. The van der Waals surface area contributed by atoms with Gasteiger partial charge in [-0.3, -0.25) is 4.79 Å². The van der Waals surface area contributed by atoms with Gasteiger partial charge in [-0.2, -0.15) is 0 Å². The minimum atomic E-state index is -0.741. The third-order valence-corrected chi connectivity index (χ3v) is 7.08. The molecule has 2 fully saturated rings. The van der Waals surface area contributed by atoms with Crippen LogP contribution in [0.3, 0.4) is 0 Å². The third-order valence-electron chi connectivity index (χ3n) is 7.08. The molecule has 2 aliphatic rings. The number of hydrogen-bond acceptors (Lipinski definition) is 5. The van der Waals surface area contributed by atoms with E-state index in [-0.39, 0.29) is 17.7 Å². The van der Waals surface area contributed by atoms with Gasteiger partial charge in [-0.15, -0.1) is 10.2 Å². The van der Waals surface area contributed by atoms with Gasteiger partial charge in [0.1, 0.15) is 0 Å². The maximum absolute atomic E-state index is 13.0. The standard InChI is InChI=1S/C25H37N5O2/c1-3-27-21-14-18(22(31)28-20-11-7-8-12-20)13-19(15-21)23-29-30-24(32-23)25(2,26)16-17-9-5-4-6-10-17/h4-6,9-10,18-21,27H,3,7-8,11-16,26H2,1-2H3,(H,28,31)/p+1/t18?,19?,21?,25-/m1/s1. The van der Waals surface area contributed by atoms with Crippen LogP contribution in [-0.2, 0) is 16.8 Å². The summed E-state index contributed by atoms with van der Waals surface area (Å²) < 4.78 is 6.16. The molecule has 0 radical (unpaired) electrons. The fourth-order valence-electron chi connectivity index (χ4n) is 5.42. The molecule has 2 aromatic rings. The Morgan fingerprint density at radius 2 is 1.94 bits per heavy atom. The van der Waals surface area contributed by atoms with Crippen molar-refractivity contribution in [1.29, 1.82) is 0 Å². The number of nitrogens with one attached hydrogen (secondary N) is 1. The van der Waals surface area contributed by atoms with Gasteiger partial charge in [0.05, 0.1) is 18.1 Å². The highest BCUT2D eigenvalue weighted by atomic mass is 16.4. The first kappa shape index (κ1) is 22.9. The smallest absolute Gasteiger partial charge is 0.236 e. The van der Waals surface area contributed by atoms with Crippen molar-refractivity contribution in [2.75, 3.05) is 6.54 Å². The van der Waals surface area contributed by atoms with Crippen LogP contribution in [0.2, 0.25) is 0 Å². The fourth-order valence-corrected chi connectivity index (χ4v) is 5.42. The summed E-state index contributed by atoms with van der Waals surface area (Å²) in [5.74, 6) is 1.36. The number of carbonyl (C=O) groups is 1. The molecule has 1 aromatic carbocycles. The van der Waals surface area contributed by atoms with Crippen molar-refractivity contribution >= 4 is 5.91 Å². The van der Waals surface area contributed by atoms with E-state index in [1.807, 2.05) is 25.1 Å². The van der Waals surface area contributed by atoms with Crippen LogP contribution >= 0.6 is 0 Å². The Bertz CT molecular complexity index is 875. The van der Waals surface area contributed by atoms with E-state index in [4.69, 9.17) is 10.2 Å². The van der Waals surface area contributed by atoms with Crippen LogP contribution in [0.5, 0.6) is 0 Å². The van der Waals surface area contributed by atoms with Crippen LogP contribution < -0.4 is 16.4 Å². The Balaban J connectivity index is 1.46. The maximum atomic E-state index is 13.0. The van der Waals surface area contributed by atoms with E-state index in [9.17, 15) is 4.79 Å².